The Balaban J connectivity index is 1.62. The maximum absolute atomic E-state index is 12.8. The van der Waals surface area contributed by atoms with Gasteiger partial charge in [0.15, 0.2) is 0 Å². The lowest BCUT2D eigenvalue weighted by Gasteiger charge is -2.47. The molecule has 2 N–H and O–H groups in total. The van der Waals surface area contributed by atoms with Gasteiger partial charge in [0.05, 0.1) is 0 Å². The van der Waals surface area contributed by atoms with Crippen LogP contribution >= 0.6 is 0 Å². The Morgan fingerprint density at radius 2 is 1.57 bits per heavy atom. The van der Waals surface area contributed by atoms with Crippen LogP contribution in [0.3, 0.4) is 0 Å². The Morgan fingerprint density at radius 1 is 1.04 bits per heavy atom. The van der Waals surface area contributed by atoms with E-state index in [1.54, 1.807) is 0 Å². The number of rotatable bonds is 2. The van der Waals surface area contributed by atoms with Crippen LogP contribution in [-0.2, 0) is 9.59 Å². The first-order chi connectivity index (χ1) is 10.7. The number of hydrogen-bond acceptors (Lipinski definition) is 3. The minimum Gasteiger partial charge on any atom is -0.353 e. The van der Waals surface area contributed by atoms with Gasteiger partial charge in [0, 0.05) is 34.9 Å². The molecule has 3 fully saturated rings. The summed E-state index contributed by atoms with van der Waals surface area (Å²) < 4.78 is 0. The topological polar surface area (TPSA) is 58.2 Å². The summed E-state index contributed by atoms with van der Waals surface area (Å²) in [4.78, 5) is 25.0. The van der Waals surface area contributed by atoms with Crippen LogP contribution in [0.5, 0.6) is 0 Å². The molecule has 0 aromatic rings. The molecule has 0 aromatic carbocycles. The normalized spacial score (nSPS) is 36.5. The fraction of sp³-hybridized carbons (Fsp3) is 0.895. The fourth-order valence-corrected chi connectivity index (χ4v) is 5.44. The van der Waals surface area contributed by atoms with Crippen LogP contribution < -0.4 is 10.6 Å². The Kier molecular flexibility index (Phi) is 4.33. The number of fused-ring (bicyclic) bond motifs is 2. The van der Waals surface area contributed by atoms with Crippen molar-refractivity contribution in [3.8, 4) is 0 Å². The molecule has 3 rings (SSSR count). The second kappa shape index (κ2) is 5.87. The van der Waals surface area contributed by atoms with Crippen molar-refractivity contribution in [2.24, 2.45) is 17.8 Å². The quantitative estimate of drug-likeness (QED) is 0.822. The molecule has 1 amide bonds. The monoisotopic (exact) mass is 320 g/mol. The second-order valence-electron chi connectivity index (χ2n) is 9.40. The van der Waals surface area contributed by atoms with Gasteiger partial charge in [0.2, 0.25) is 5.91 Å². The molecule has 1 aliphatic heterocycles. The SMILES string of the molecule is CC1(C)CC(NC(=O)C2C[C@H]3CCC[C@@H](C2)C3=O)CC(C)(C)N1. The Morgan fingerprint density at radius 3 is 2.09 bits per heavy atom. The average Bonchev–Trinajstić information content (AvgIpc) is 2.33. The Hall–Kier alpha value is -0.900. The lowest BCUT2D eigenvalue weighted by Crippen LogP contribution is -2.62. The first-order valence-corrected chi connectivity index (χ1v) is 9.29. The number of nitrogens with one attached hydrogen (secondary N) is 2. The third-order valence-electron chi connectivity index (χ3n) is 5.96. The molecule has 0 radical (unpaired) electrons. The highest BCUT2D eigenvalue weighted by Gasteiger charge is 2.43. The van der Waals surface area contributed by atoms with E-state index in [2.05, 4.69) is 38.3 Å². The zero-order chi connectivity index (χ0) is 16.8. The lowest BCUT2D eigenvalue weighted by atomic mass is 9.67. The first-order valence-electron chi connectivity index (χ1n) is 9.29. The van der Waals surface area contributed by atoms with E-state index in [0.29, 0.717) is 5.78 Å². The van der Waals surface area contributed by atoms with Crippen LogP contribution in [0.25, 0.3) is 0 Å². The summed E-state index contributed by atoms with van der Waals surface area (Å²) in [6.45, 7) is 8.82. The molecular formula is C19H32N2O2. The zero-order valence-electron chi connectivity index (χ0n) is 15.1. The minimum absolute atomic E-state index is 0.0404. The average molecular weight is 320 g/mol. The van der Waals surface area contributed by atoms with Crippen LogP contribution in [0.15, 0.2) is 0 Å². The minimum atomic E-state index is 0.0404. The fourth-order valence-electron chi connectivity index (χ4n) is 5.44. The molecule has 3 atom stereocenters. The second-order valence-corrected chi connectivity index (χ2v) is 9.40. The summed E-state index contributed by atoms with van der Waals surface area (Å²) in [6.07, 6.45) is 6.62. The molecule has 2 aliphatic carbocycles. The first kappa shape index (κ1) is 16.9. The van der Waals surface area contributed by atoms with E-state index in [1.165, 1.54) is 0 Å². The molecule has 1 unspecified atom stereocenters. The van der Waals surface area contributed by atoms with Crippen molar-refractivity contribution in [2.45, 2.75) is 89.8 Å². The van der Waals surface area contributed by atoms with Crippen molar-refractivity contribution >= 4 is 11.7 Å². The number of hydrogen-bond donors (Lipinski definition) is 2. The van der Waals surface area contributed by atoms with E-state index < -0.39 is 0 Å². The van der Waals surface area contributed by atoms with Gasteiger partial charge < -0.3 is 10.6 Å². The van der Waals surface area contributed by atoms with E-state index in [4.69, 9.17) is 0 Å². The standard InChI is InChI=1S/C19H32N2O2/c1-18(2)10-15(11-19(3,4)21-18)20-17(23)14-8-12-6-5-7-13(9-14)16(12)22/h12-15,21H,5-11H2,1-4H3,(H,20,23)/t12-,13+,14?. The summed E-state index contributed by atoms with van der Waals surface area (Å²) >= 11 is 0. The number of ketones is 1. The smallest absolute Gasteiger partial charge is 0.223 e. The van der Waals surface area contributed by atoms with Gasteiger partial charge in [-0.1, -0.05) is 6.42 Å². The number of Topliss-reactive ketones (excluding diaryl/α,β-unsaturated/α-hetero) is 1. The molecule has 2 bridgehead atoms. The molecule has 0 aromatic heterocycles. The highest BCUT2D eigenvalue weighted by molar-refractivity contribution is 5.88. The van der Waals surface area contributed by atoms with E-state index in [-0.39, 0.29) is 40.8 Å². The summed E-state index contributed by atoms with van der Waals surface area (Å²) in [6, 6.07) is 0.228. The molecule has 2 saturated carbocycles. The van der Waals surface area contributed by atoms with Crippen molar-refractivity contribution in [3.63, 3.8) is 0 Å². The molecule has 4 heteroatoms. The maximum Gasteiger partial charge on any atom is 0.223 e. The summed E-state index contributed by atoms with van der Waals surface area (Å²) in [5, 5.41) is 6.97. The van der Waals surface area contributed by atoms with Crippen LogP contribution in [-0.4, -0.2) is 28.8 Å². The molecule has 23 heavy (non-hydrogen) atoms. The Labute approximate surface area is 140 Å². The molecule has 0 spiro atoms. The van der Waals surface area contributed by atoms with Crippen molar-refractivity contribution in [1.82, 2.24) is 10.6 Å². The van der Waals surface area contributed by atoms with Crippen LogP contribution in [0.1, 0.15) is 72.6 Å². The van der Waals surface area contributed by atoms with Crippen molar-refractivity contribution < 1.29 is 9.59 Å². The van der Waals surface area contributed by atoms with Crippen molar-refractivity contribution in [1.29, 1.82) is 0 Å². The third-order valence-corrected chi connectivity index (χ3v) is 5.96. The predicted molar refractivity (Wildman–Crippen MR) is 91.0 cm³/mol. The van der Waals surface area contributed by atoms with Crippen LogP contribution in [0.2, 0.25) is 0 Å². The summed E-state index contributed by atoms with van der Waals surface area (Å²) in [5.41, 5.74) is 0.0808. The van der Waals surface area contributed by atoms with Gasteiger partial charge in [0.1, 0.15) is 5.78 Å². The molecule has 3 aliphatic rings. The highest BCUT2D eigenvalue weighted by atomic mass is 16.2. The number of amides is 1. The predicted octanol–water partition coefficient (Wildman–Crippen LogP) is 2.81. The van der Waals surface area contributed by atoms with Gasteiger partial charge in [-0.3, -0.25) is 9.59 Å². The summed E-state index contributed by atoms with van der Waals surface area (Å²) in [7, 11) is 0. The van der Waals surface area contributed by atoms with Gasteiger partial charge in [-0.25, -0.2) is 0 Å². The molecule has 1 saturated heterocycles. The number of piperidine rings is 1. The van der Waals surface area contributed by atoms with E-state index in [1.807, 2.05) is 0 Å². The Bertz CT molecular complexity index is 466. The molecule has 130 valence electrons. The summed E-state index contributed by atoms with van der Waals surface area (Å²) in [5.74, 6) is 0.972. The third kappa shape index (κ3) is 3.78. The van der Waals surface area contributed by atoms with Gasteiger partial charge in [-0.2, -0.15) is 0 Å². The molecular weight excluding hydrogens is 288 g/mol. The molecule has 4 nitrogen and oxygen atoms in total. The zero-order valence-corrected chi connectivity index (χ0v) is 15.1. The largest absolute Gasteiger partial charge is 0.353 e. The van der Waals surface area contributed by atoms with Crippen molar-refractivity contribution in [2.75, 3.05) is 0 Å². The van der Waals surface area contributed by atoms with E-state index in [0.717, 1.165) is 44.9 Å². The highest BCUT2D eigenvalue weighted by Crippen LogP contribution is 2.40. The van der Waals surface area contributed by atoms with Crippen LogP contribution in [0, 0.1) is 17.8 Å². The van der Waals surface area contributed by atoms with Crippen LogP contribution in [0.4, 0.5) is 0 Å². The van der Waals surface area contributed by atoms with E-state index >= 15 is 0 Å². The molecule has 1 heterocycles. The van der Waals surface area contributed by atoms with Gasteiger partial charge in [0.25, 0.3) is 0 Å². The van der Waals surface area contributed by atoms with Gasteiger partial charge in [-0.15, -0.1) is 0 Å². The van der Waals surface area contributed by atoms with Gasteiger partial charge >= 0.3 is 0 Å². The lowest BCUT2D eigenvalue weighted by molar-refractivity contribution is -0.138. The number of carbonyl (C=O) groups excluding carboxylic acids is 2. The van der Waals surface area contributed by atoms with Crippen molar-refractivity contribution in [3.05, 3.63) is 0 Å². The van der Waals surface area contributed by atoms with Gasteiger partial charge in [-0.05, 0) is 66.2 Å². The maximum atomic E-state index is 12.8. The van der Waals surface area contributed by atoms with E-state index in [9.17, 15) is 9.59 Å². The number of carbonyl (C=O) groups is 2.